The number of carbonyl (C=O) groups is 1. The van der Waals surface area contributed by atoms with Crippen LogP contribution in [0.15, 0.2) is 29.4 Å². The van der Waals surface area contributed by atoms with Crippen LogP contribution in [-0.4, -0.2) is 45.7 Å². The van der Waals surface area contributed by atoms with Gasteiger partial charge in [0.2, 0.25) is 5.91 Å². The predicted octanol–water partition coefficient (Wildman–Crippen LogP) is 2.69. The Hall–Kier alpha value is -1.86. The summed E-state index contributed by atoms with van der Waals surface area (Å²) < 4.78 is 7.66. The van der Waals surface area contributed by atoms with Crippen LogP contribution >= 0.6 is 11.8 Å². The number of nitrogens with zero attached hydrogens (tertiary/aromatic N) is 3. The van der Waals surface area contributed by atoms with Crippen LogP contribution in [0.3, 0.4) is 0 Å². The molecular weight excluding hydrogens is 360 g/mol. The van der Waals surface area contributed by atoms with Crippen molar-refractivity contribution in [3.63, 3.8) is 0 Å². The maximum atomic E-state index is 12.0. The fourth-order valence-electron chi connectivity index (χ4n) is 3.05. The molecule has 1 amide bonds. The van der Waals surface area contributed by atoms with E-state index in [2.05, 4.69) is 46.7 Å². The molecule has 1 N–H and O–H groups in total. The topological polar surface area (TPSA) is 69.0 Å². The zero-order chi connectivity index (χ0) is 19.1. The number of hydrogen-bond acceptors (Lipinski definition) is 5. The Morgan fingerprint density at radius 2 is 2.11 bits per heavy atom. The van der Waals surface area contributed by atoms with E-state index in [9.17, 15) is 4.79 Å². The van der Waals surface area contributed by atoms with Crippen molar-refractivity contribution in [1.29, 1.82) is 0 Å². The molecule has 3 rings (SSSR count). The number of aromatic nitrogens is 3. The molecule has 0 aliphatic carbocycles. The quantitative estimate of drug-likeness (QED) is 0.669. The molecule has 146 valence electrons. The molecule has 0 unspecified atom stereocenters. The Labute approximate surface area is 165 Å². The summed E-state index contributed by atoms with van der Waals surface area (Å²) in [5.41, 5.74) is 2.43. The van der Waals surface area contributed by atoms with Crippen LogP contribution in [0, 0.1) is 6.92 Å². The fraction of sp³-hybridized carbons (Fsp3) is 0.550. The van der Waals surface area contributed by atoms with Crippen LogP contribution in [0.2, 0.25) is 0 Å². The van der Waals surface area contributed by atoms with Gasteiger partial charge in [0, 0.05) is 38.8 Å². The molecule has 1 saturated heterocycles. The minimum absolute atomic E-state index is 0.0747. The molecular formula is C20H28N4O2S. The summed E-state index contributed by atoms with van der Waals surface area (Å²) in [5, 5.41) is 12.4. The molecule has 1 fully saturated rings. The van der Waals surface area contributed by atoms with Gasteiger partial charge in [-0.25, -0.2) is 0 Å². The van der Waals surface area contributed by atoms with Gasteiger partial charge in [-0.05, 0) is 31.7 Å². The summed E-state index contributed by atoms with van der Waals surface area (Å²) in [4.78, 5) is 12.0. The Balaban J connectivity index is 1.36. The largest absolute Gasteiger partial charge is 0.377 e. The summed E-state index contributed by atoms with van der Waals surface area (Å²) in [6.07, 6.45) is 4.57. The molecule has 1 atom stereocenters. The number of aryl methyl sites for hydroxylation is 2. The lowest BCUT2D eigenvalue weighted by atomic mass is 10.1. The maximum absolute atomic E-state index is 12.0. The van der Waals surface area contributed by atoms with Crippen molar-refractivity contribution in [3.05, 3.63) is 41.2 Å². The van der Waals surface area contributed by atoms with E-state index in [4.69, 9.17) is 4.74 Å². The molecule has 1 aromatic carbocycles. The SMILES string of the molecule is Cc1ccc(CCC(=O)NCCc2nnc(SC[C@H]3CCCO3)n2C)cc1. The molecule has 1 aromatic heterocycles. The second-order valence-electron chi connectivity index (χ2n) is 6.99. The average Bonchev–Trinajstić information content (AvgIpc) is 3.30. The molecule has 0 spiro atoms. The molecule has 27 heavy (non-hydrogen) atoms. The monoisotopic (exact) mass is 388 g/mol. The van der Waals surface area contributed by atoms with E-state index in [0.717, 1.165) is 42.6 Å². The van der Waals surface area contributed by atoms with Gasteiger partial charge in [-0.15, -0.1) is 10.2 Å². The van der Waals surface area contributed by atoms with E-state index in [0.29, 0.717) is 25.5 Å². The first-order chi connectivity index (χ1) is 13.1. The van der Waals surface area contributed by atoms with Crippen LogP contribution in [-0.2, 0) is 29.4 Å². The summed E-state index contributed by atoms with van der Waals surface area (Å²) >= 11 is 1.69. The standard InChI is InChI=1S/C20H28N4O2S/c1-15-5-7-16(8-6-15)9-10-19(25)21-12-11-18-22-23-20(24(18)2)27-14-17-4-3-13-26-17/h5-8,17H,3-4,9-14H2,1-2H3,(H,21,25)/t17-/m1/s1. The van der Waals surface area contributed by atoms with Crippen molar-refractivity contribution in [2.24, 2.45) is 7.05 Å². The number of nitrogens with one attached hydrogen (secondary N) is 1. The highest BCUT2D eigenvalue weighted by atomic mass is 32.2. The van der Waals surface area contributed by atoms with Crippen molar-refractivity contribution in [1.82, 2.24) is 20.1 Å². The van der Waals surface area contributed by atoms with Crippen LogP contribution in [0.25, 0.3) is 0 Å². The highest BCUT2D eigenvalue weighted by molar-refractivity contribution is 7.99. The van der Waals surface area contributed by atoms with Crippen LogP contribution in [0.4, 0.5) is 0 Å². The first-order valence-electron chi connectivity index (χ1n) is 9.57. The lowest BCUT2D eigenvalue weighted by molar-refractivity contribution is -0.121. The van der Waals surface area contributed by atoms with Gasteiger partial charge in [-0.3, -0.25) is 4.79 Å². The lowest BCUT2D eigenvalue weighted by Gasteiger charge is -2.08. The van der Waals surface area contributed by atoms with Crippen LogP contribution < -0.4 is 5.32 Å². The molecule has 7 heteroatoms. The maximum Gasteiger partial charge on any atom is 0.220 e. The van der Waals surface area contributed by atoms with E-state index < -0.39 is 0 Å². The van der Waals surface area contributed by atoms with E-state index in [1.807, 2.05) is 11.6 Å². The third-order valence-electron chi connectivity index (χ3n) is 4.78. The summed E-state index contributed by atoms with van der Waals surface area (Å²) in [6, 6.07) is 8.32. The molecule has 0 bridgehead atoms. The minimum atomic E-state index is 0.0747. The minimum Gasteiger partial charge on any atom is -0.377 e. The van der Waals surface area contributed by atoms with Gasteiger partial charge >= 0.3 is 0 Å². The summed E-state index contributed by atoms with van der Waals surface area (Å²) in [6.45, 7) is 3.52. The number of amides is 1. The van der Waals surface area contributed by atoms with E-state index in [1.54, 1.807) is 11.8 Å². The average molecular weight is 389 g/mol. The molecule has 2 aromatic rings. The molecule has 1 aliphatic rings. The van der Waals surface area contributed by atoms with Gasteiger partial charge in [-0.1, -0.05) is 41.6 Å². The van der Waals surface area contributed by atoms with Crippen molar-refractivity contribution < 1.29 is 9.53 Å². The zero-order valence-corrected chi connectivity index (χ0v) is 16.9. The zero-order valence-electron chi connectivity index (χ0n) is 16.1. The molecule has 2 heterocycles. The number of carbonyl (C=O) groups excluding carboxylic acids is 1. The third-order valence-corrected chi connectivity index (χ3v) is 5.93. The van der Waals surface area contributed by atoms with Crippen molar-refractivity contribution in [2.75, 3.05) is 18.9 Å². The highest BCUT2D eigenvalue weighted by Crippen LogP contribution is 2.22. The molecule has 0 radical (unpaired) electrons. The number of thioether (sulfide) groups is 1. The van der Waals surface area contributed by atoms with Gasteiger partial charge in [0.1, 0.15) is 5.82 Å². The smallest absolute Gasteiger partial charge is 0.220 e. The Kier molecular flexibility index (Phi) is 7.29. The Morgan fingerprint density at radius 3 is 2.85 bits per heavy atom. The predicted molar refractivity (Wildman–Crippen MR) is 107 cm³/mol. The fourth-order valence-corrected chi connectivity index (χ4v) is 4.04. The van der Waals surface area contributed by atoms with Gasteiger partial charge < -0.3 is 14.6 Å². The molecule has 6 nitrogen and oxygen atoms in total. The van der Waals surface area contributed by atoms with Gasteiger partial charge in [0.25, 0.3) is 0 Å². The molecule has 0 saturated carbocycles. The Morgan fingerprint density at radius 1 is 1.30 bits per heavy atom. The van der Waals surface area contributed by atoms with Crippen LogP contribution in [0.1, 0.15) is 36.2 Å². The number of rotatable bonds is 9. The summed E-state index contributed by atoms with van der Waals surface area (Å²) in [5.74, 6) is 1.89. The van der Waals surface area contributed by atoms with E-state index >= 15 is 0 Å². The van der Waals surface area contributed by atoms with Gasteiger partial charge in [-0.2, -0.15) is 0 Å². The first-order valence-corrected chi connectivity index (χ1v) is 10.6. The van der Waals surface area contributed by atoms with E-state index in [-0.39, 0.29) is 5.91 Å². The normalized spacial score (nSPS) is 16.6. The van der Waals surface area contributed by atoms with E-state index in [1.165, 1.54) is 11.1 Å². The second-order valence-corrected chi connectivity index (χ2v) is 7.98. The second kappa shape index (κ2) is 9.90. The first kappa shape index (κ1) is 19.9. The Bertz CT molecular complexity index is 739. The number of ether oxygens (including phenoxy) is 1. The highest BCUT2D eigenvalue weighted by Gasteiger charge is 2.17. The number of hydrogen-bond donors (Lipinski definition) is 1. The molecule has 1 aliphatic heterocycles. The van der Waals surface area contributed by atoms with Crippen molar-refractivity contribution >= 4 is 17.7 Å². The van der Waals surface area contributed by atoms with Crippen molar-refractivity contribution in [3.8, 4) is 0 Å². The van der Waals surface area contributed by atoms with Crippen molar-refractivity contribution in [2.45, 2.75) is 50.3 Å². The van der Waals surface area contributed by atoms with Crippen LogP contribution in [0.5, 0.6) is 0 Å². The number of benzene rings is 1. The van der Waals surface area contributed by atoms with Gasteiger partial charge in [0.05, 0.1) is 6.10 Å². The van der Waals surface area contributed by atoms with Gasteiger partial charge in [0.15, 0.2) is 5.16 Å². The lowest BCUT2D eigenvalue weighted by Crippen LogP contribution is -2.26. The third kappa shape index (κ3) is 6.07. The summed E-state index contributed by atoms with van der Waals surface area (Å²) in [7, 11) is 1.98.